The molecule has 4 heteroatoms. The van der Waals surface area contributed by atoms with Crippen molar-refractivity contribution in [1.29, 1.82) is 0 Å². The summed E-state index contributed by atoms with van der Waals surface area (Å²) in [6, 6.07) is 21.3. The Bertz CT molecular complexity index is 839. The van der Waals surface area contributed by atoms with Crippen molar-refractivity contribution in [2.24, 2.45) is 0 Å². The van der Waals surface area contributed by atoms with Gasteiger partial charge in [-0.05, 0) is 41.3 Å². The van der Waals surface area contributed by atoms with E-state index in [1.165, 1.54) is 17.2 Å². The first-order chi connectivity index (χ1) is 11.7. The molecule has 4 nitrogen and oxygen atoms in total. The predicted octanol–water partition coefficient (Wildman–Crippen LogP) is 3.04. The van der Waals surface area contributed by atoms with Gasteiger partial charge >= 0.3 is 0 Å². The molecule has 0 radical (unpaired) electrons. The third kappa shape index (κ3) is 4.33. The first kappa shape index (κ1) is 16.0. The molecule has 0 amide bonds. The molecule has 2 aromatic carbocycles. The number of aliphatic hydroxyl groups excluding tert-OH is 1. The van der Waals surface area contributed by atoms with Gasteiger partial charge in [-0.2, -0.15) is 0 Å². The molecule has 0 bridgehead atoms. The van der Waals surface area contributed by atoms with Gasteiger partial charge in [-0.15, -0.1) is 0 Å². The van der Waals surface area contributed by atoms with Gasteiger partial charge in [-0.1, -0.05) is 42.5 Å². The molecular weight excluding hydrogens is 302 g/mol. The van der Waals surface area contributed by atoms with Crippen LogP contribution in [0.1, 0.15) is 22.4 Å². The topological polar surface area (TPSA) is 62.3 Å². The van der Waals surface area contributed by atoms with Crippen LogP contribution in [0, 0.1) is 0 Å². The SMILES string of the molecule is O=c1cc(CO)cc(COc2ccc(Cc3ccccc3)cc2)[nH]1. The van der Waals surface area contributed by atoms with Crippen LogP contribution in [0.15, 0.2) is 71.5 Å². The molecule has 1 heterocycles. The molecule has 122 valence electrons. The second-order valence-electron chi connectivity index (χ2n) is 5.63. The molecule has 1 aromatic heterocycles. The fourth-order valence-electron chi connectivity index (χ4n) is 2.53. The minimum atomic E-state index is -0.238. The van der Waals surface area contributed by atoms with E-state index >= 15 is 0 Å². The van der Waals surface area contributed by atoms with Crippen molar-refractivity contribution < 1.29 is 9.84 Å². The van der Waals surface area contributed by atoms with Crippen LogP contribution < -0.4 is 10.3 Å². The molecule has 24 heavy (non-hydrogen) atoms. The van der Waals surface area contributed by atoms with E-state index in [0.717, 1.165) is 12.2 Å². The summed E-state index contributed by atoms with van der Waals surface area (Å²) in [7, 11) is 0. The Morgan fingerprint density at radius 3 is 2.29 bits per heavy atom. The lowest BCUT2D eigenvalue weighted by molar-refractivity contribution is 0.279. The van der Waals surface area contributed by atoms with Crippen LogP contribution in [0.4, 0.5) is 0 Å². The van der Waals surface area contributed by atoms with Crippen molar-refractivity contribution in [3.63, 3.8) is 0 Å². The first-order valence-corrected chi connectivity index (χ1v) is 7.81. The Kier molecular flexibility index (Phi) is 5.08. The van der Waals surface area contributed by atoms with Crippen molar-refractivity contribution >= 4 is 0 Å². The van der Waals surface area contributed by atoms with Crippen molar-refractivity contribution in [2.75, 3.05) is 0 Å². The summed E-state index contributed by atoms with van der Waals surface area (Å²) < 4.78 is 5.70. The lowest BCUT2D eigenvalue weighted by Crippen LogP contribution is -2.11. The average Bonchev–Trinajstić information content (AvgIpc) is 2.61. The highest BCUT2D eigenvalue weighted by molar-refractivity contribution is 5.31. The number of ether oxygens (including phenoxy) is 1. The van der Waals surface area contributed by atoms with Gasteiger partial charge in [0.1, 0.15) is 12.4 Å². The molecule has 0 spiro atoms. The fraction of sp³-hybridized carbons (Fsp3) is 0.150. The van der Waals surface area contributed by atoms with E-state index in [1.54, 1.807) is 6.07 Å². The van der Waals surface area contributed by atoms with Crippen LogP contribution in [-0.4, -0.2) is 10.1 Å². The summed E-state index contributed by atoms with van der Waals surface area (Å²) in [5, 5.41) is 9.13. The Labute approximate surface area is 140 Å². The molecule has 0 saturated carbocycles. The molecule has 0 saturated heterocycles. The zero-order valence-electron chi connectivity index (χ0n) is 13.2. The average molecular weight is 321 g/mol. The third-order valence-corrected chi connectivity index (χ3v) is 3.71. The molecule has 0 aliphatic carbocycles. The number of benzene rings is 2. The maximum absolute atomic E-state index is 11.5. The summed E-state index contributed by atoms with van der Waals surface area (Å²) in [6.07, 6.45) is 0.882. The van der Waals surface area contributed by atoms with Crippen LogP contribution in [0.3, 0.4) is 0 Å². The number of aliphatic hydroxyl groups is 1. The Morgan fingerprint density at radius 2 is 1.58 bits per heavy atom. The summed E-state index contributed by atoms with van der Waals surface area (Å²) in [4.78, 5) is 14.2. The number of aromatic amines is 1. The lowest BCUT2D eigenvalue weighted by Gasteiger charge is -2.08. The number of aromatic nitrogens is 1. The smallest absolute Gasteiger partial charge is 0.248 e. The van der Waals surface area contributed by atoms with Gasteiger partial charge in [0.15, 0.2) is 0 Å². The second kappa shape index (κ2) is 7.62. The second-order valence-corrected chi connectivity index (χ2v) is 5.63. The van der Waals surface area contributed by atoms with Gasteiger partial charge < -0.3 is 14.8 Å². The highest BCUT2D eigenvalue weighted by Crippen LogP contribution is 2.16. The van der Waals surface area contributed by atoms with E-state index in [4.69, 9.17) is 9.84 Å². The van der Waals surface area contributed by atoms with Gasteiger partial charge in [-0.25, -0.2) is 0 Å². The lowest BCUT2D eigenvalue weighted by atomic mass is 10.1. The zero-order chi connectivity index (χ0) is 16.8. The van der Waals surface area contributed by atoms with E-state index in [1.807, 2.05) is 42.5 Å². The van der Waals surface area contributed by atoms with Gasteiger partial charge in [0, 0.05) is 6.07 Å². The van der Waals surface area contributed by atoms with E-state index < -0.39 is 0 Å². The largest absolute Gasteiger partial charge is 0.487 e. The number of hydrogen-bond donors (Lipinski definition) is 2. The normalized spacial score (nSPS) is 10.5. The van der Waals surface area contributed by atoms with Crippen molar-refractivity contribution in [3.05, 3.63) is 99.5 Å². The van der Waals surface area contributed by atoms with E-state index in [0.29, 0.717) is 11.3 Å². The molecule has 0 fully saturated rings. The van der Waals surface area contributed by atoms with Crippen LogP contribution in [0.2, 0.25) is 0 Å². The summed E-state index contributed by atoms with van der Waals surface area (Å²) in [5.41, 5.74) is 3.46. The minimum Gasteiger partial charge on any atom is -0.487 e. The van der Waals surface area contributed by atoms with Crippen LogP contribution >= 0.6 is 0 Å². The number of nitrogens with one attached hydrogen (secondary N) is 1. The molecular formula is C20H19NO3. The van der Waals surface area contributed by atoms with Crippen molar-refractivity contribution in [3.8, 4) is 5.75 Å². The van der Waals surface area contributed by atoms with E-state index in [-0.39, 0.29) is 18.8 Å². The minimum absolute atomic E-state index is 0.162. The first-order valence-electron chi connectivity index (χ1n) is 7.81. The highest BCUT2D eigenvalue weighted by atomic mass is 16.5. The molecule has 0 unspecified atom stereocenters. The molecule has 3 rings (SSSR count). The Morgan fingerprint density at radius 1 is 0.875 bits per heavy atom. The zero-order valence-corrected chi connectivity index (χ0v) is 13.2. The Hall–Kier alpha value is -2.85. The third-order valence-electron chi connectivity index (χ3n) is 3.71. The highest BCUT2D eigenvalue weighted by Gasteiger charge is 2.01. The molecule has 0 atom stereocenters. The van der Waals surface area contributed by atoms with Gasteiger partial charge in [0.05, 0.1) is 12.3 Å². The fourth-order valence-corrected chi connectivity index (χ4v) is 2.53. The quantitative estimate of drug-likeness (QED) is 0.733. The van der Waals surface area contributed by atoms with Gasteiger partial charge in [0.25, 0.3) is 0 Å². The van der Waals surface area contributed by atoms with Crippen molar-refractivity contribution in [2.45, 2.75) is 19.6 Å². The van der Waals surface area contributed by atoms with Crippen LogP contribution in [-0.2, 0) is 19.6 Å². The molecule has 3 aromatic rings. The summed E-state index contributed by atoms with van der Waals surface area (Å²) in [5.74, 6) is 0.738. The number of H-pyrrole nitrogens is 1. The molecule has 2 N–H and O–H groups in total. The van der Waals surface area contributed by atoms with Crippen LogP contribution in [0.5, 0.6) is 5.75 Å². The molecule has 0 aliphatic heterocycles. The maximum Gasteiger partial charge on any atom is 0.248 e. The van der Waals surface area contributed by atoms with Gasteiger partial charge in [0.2, 0.25) is 5.56 Å². The van der Waals surface area contributed by atoms with E-state index in [2.05, 4.69) is 17.1 Å². The van der Waals surface area contributed by atoms with Gasteiger partial charge in [-0.3, -0.25) is 4.79 Å². The van der Waals surface area contributed by atoms with E-state index in [9.17, 15) is 4.79 Å². The maximum atomic E-state index is 11.5. The molecule has 0 aliphatic rings. The standard InChI is InChI=1S/C20H19NO3/c22-13-17-11-18(21-20(23)12-17)14-24-19-8-6-16(7-9-19)10-15-4-2-1-3-5-15/h1-9,11-12,22H,10,13-14H2,(H,21,23). The monoisotopic (exact) mass is 321 g/mol. The number of pyridine rings is 1. The van der Waals surface area contributed by atoms with Crippen LogP contribution in [0.25, 0.3) is 0 Å². The van der Waals surface area contributed by atoms with Crippen molar-refractivity contribution in [1.82, 2.24) is 4.98 Å². The number of rotatable bonds is 6. The Balaban J connectivity index is 1.62. The summed E-state index contributed by atoms with van der Waals surface area (Å²) >= 11 is 0. The predicted molar refractivity (Wildman–Crippen MR) is 93.0 cm³/mol. The summed E-state index contributed by atoms with van der Waals surface area (Å²) in [6.45, 7) is 0.0895. The number of hydrogen-bond acceptors (Lipinski definition) is 3.